The minimum atomic E-state index is 0.329. The molecule has 0 N–H and O–H groups in total. The second-order valence-corrected chi connectivity index (χ2v) is 6.00. The van der Waals surface area contributed by atoms with Gasteiger partial charge in [-0.15, -0.1) is 0 Å². The Morgan fingerprint density at radius 1 is 1.21 bits per heavy atom. The first-order chi connectivity index (χ1) is 6.52. The van der Waals surface area contributed by atoms with Crippen LogP contribution in [0, 0.1) is 5.41 Å². The van der Waals surface area contributed by atoms with Crippen molar-refractivity contribution in [2.24, 2.45) is 5.41 Å². The van der Waals surface area contributed by atoms with E-state index in [2.05, 4.69) is 25.7 Å². The molecule has 0 aromatic heterocycles. The summed E-state index contributed by atoms with van der Waals surface area (Å²) in [6.07, 6.45) is 4.00. The van der Waals surface area contributed by atoms with Gasteiger partial charge in [-0.25, -0.2) is 0 Å². The molecular weight excluding hydrogens is 174 g/mol. The Morgan fingerprint density at radius 2 is 2.00 bits per heavy atom. The van der Waals surface area contributed by atoms with Gasteiger partial charge >= 0.3 is 0 Å². The molecule has 0 unspecified atom stereocenters. The maximum atomic E-state index is 5.57. The van der Waals surface area contributed by atoms with Crippen LogP contribution in [0.25, 0.3) is 0 Å². The first-order valence-corrected chi connectivity index (χ1v) is 5.85. The molecule has 0 saturated carbocycles. The van der Waals surface area contributed by atoms with E-state index in [0.717, 1.165) is 13.2 Å². The standard InChI is InChI=1S/C12H23NO/c1-11(2,3)13-7-4-5-12(9-13)6-8-14-10-12/h4-10H2,1-3H3/t12-/m0/s1. The fourth-order valence-corrected chi connectivity index (χ4v) is 2.75. The average molecular weight is 197 g/mol. The molecule has 0 aromatic carbocycles. The quantitative estimate of drug-likeness (QED) is 0.591. The third-order valence-corrected chi connectivity index (χ3v) is 3.80. The molecule has 82 valence electrons. The van der Waals surface area contributed by atoms with Crippen molar-refractivity contribution in [1.29, 1.82) is 0 Å². The molecule has 0 radical (unpaired) electrons. The highest BCUT2D eigenvalue weighted by Gasteiger charge is 2.41. The minimum absolute atomic E-state index is 0.329. The lowest BCUT2D eigenvalue weighted by Crippen LogP contribution is -2.51. The predicted octanol–water partition coefficient (Wildman–Crippen LogP) is 2.29. The number of hydrogen-bond donors (Lipinski definition) is 0. The molecule has 0 bridgehead atoms. The summed E-state index contributed by atoms with van der Waals surface area (Å²) in [7, 11) is 0. The Hall–Kier alpha value is -0.0800. The molecule has 2 heterocycles. The Balaban J connectivity index is 2.03. The van der Waals surface area contributed by atoms with E-state index in [1.165, 1.54) is 32.4 Å². The van der Waals surface area contributed by atoms with Crippen LogP contribution in [-0.2, 0) is 4.74 Å². The molecule has 2 saturated heterocycles. The zero-order valence-electron chi connectivity index (χ0n) is 9.81. The van der Waals surface area contributed by atoms with E-state index in [0.29, 0.717) is 11.0 Å². The molecule has 0 amide bonds. The minimum Gasteiger partial charge on any atom is -0.381 e. The van der Waals surface area contributed by atoms with Gasteiger partial charge in [-0.2, -0.15) is 0 Å². The van der Waals surface area contributed by atoms with Crippen molar-refractivity contribution < 1.29 is 4.74 Å². The van der Waals surface area contributed by atoms with E-state index < -0.39 is 0 Å². The first-order valence-electron chi connectivity index (χ1n) is 5.85. The van der Waals surface area contributed by atoms with Crippen LogP contribution in [0.2, 0.25) is 0 Å². The van der Waals surface area contributed by atoms with Crippen molar-refractivity contribution in [1.82, 2.24) is 4.90 Å². The molecular formula is C12H23NO. The van der Waals surface area contributed by atoms with Gasteiger partial charge in [0.15, 0.2) is 0 Å². The fraction of sp³-hybridized carbons (Fsp3) is 1.00. The van der Waals surface area contributed by atoms with Gasteiger partial charge in [0.1, 0.15) is 0 Å². The van der Waals surface area contributed by atoms with E-state index in [9.17, 15) is 0 Å². The van der Waals surface area contributed by atoms with Gasteiger partial charge < -0.3 is 4.74 Å². The third-order valence-electron chi connectivity index (χ3n) is 3.80. The predicted molar refractivity (Wildman–Crippen MR) is 58.4 cm³/mol. The lowest BCUT2D eigenvalue weighted by atomic mass is 9.78. The van der Waals surface area contributed by atoms with Gasteiger partial charge in [0.25, 0.3) is 0 Å². The van der Waals surface area contributed by atoms with Crippen LogP contribution in [0.5, 0.6) is 0 Å². The normalized spacial score (nSPS) is 35.4. The molecule has 2 aliphatic heterocycles. The number of nitrogens with zero attached hydrogens (tertiary/aromatic N) is 1. The zero-order chi connectivity index (χ0) is 10.2. The van der Waals surface area contributed by atoms with Crippen LogP contribution in [-0.4, -0.2) is 36.7 Å². The number of likely N-dealkylation sites (tertiary alicyclic amines) is 1. The van der Waals surface area contributed by atoms with Crippen molar-refractivity contribution in [2.75, 3.05) is 26.3 Å². The van der Waals surface area contributed by atoms with Crippen LogP contribution in [0.15, 0.2) is 0 Å². The monoisotopic (exact) mass is 197 g/mol. The second kappa shape index (κ2) is 3.49. The lowest BCUT2D eigenvalue weighted by Gasteiger charge is -2.46. The molecule has 2 aliphatic rings. The van der Waals surface area contributed by atoms with E-state index in [1.54, 1.807) is 0 Å². The summed E-state index contributed by atoms with van der Waals surface area (Å²) in [5.41, 5.74) is 0.835. The number of hydrogen-bond acceptors (Lipinski definition) is 2. The maximum Gasteiger partial charge on any atom is 0.0535 e. The highest BCUT2D eigenvalue weighted by Crippen LogP contribution is 2.39. The van der Waals surface area contributed by atoms with Crippen molar-refractivity contribution in [3.05, 3.63) is 0 Å². The SMILES string of the molecule is CC(C)(C)N1CCC[C@]2(CCOC2)C1. The summed E-state index contributed by atoms with van der Waals surface area (Å²) in [6, 6.07) is 0. The molecule has 1 spiro atoms. The van der Waals surface area contributed by atoms with Crippen molar-refractivity contribution in [3.8, 4) is 0 Å². The number of piperidine rings is 1. The van der Waals surface area contributed by atoms with Gasteiger partial charge in [0, 0.05) is 24.1 Å². The highest BCUT2D eigenvalue weighted by atomic mass is 16.5. The molecule has 1 atom stereocenters. The molecule has 2 fully saturated rings. The lowest BCUT2D eigenvalue weighted by molar-refractivity contribution is 0.0182. The summed E-state index contributed by atoms with van der Waals surface area (Å²) < 4.78 is 5.57. The third kappa shape index (κ3) is 1.96. The highest BCUT2D eigenvalue weighted by molar-refractivity contribution is 4.93. The Morgan fingerprint density at radius 3 is 2.57 bits per heavy atom. The summed E-state index contributed by atoms with van der Waals surface area (Å²) in [5.74, 6) is 0. The Labute approximate surface area is 87.6 Å². The summed E-state index contributed by atoms with van der Waals surface area (Å²) in [4.78, 5) is 2.63. The van der Waals surface area contributed by atoms with E-state index in [4.69, 9.17) is 4.74 Å². The molecule has 0 aliphatic carbocycles. The van der Waals surface area contributed by atoms with E-state index in [-0.39, 0.29) is 0 Å². The Bertz CT molecular complexity index is 201. The maximum absolute atomic E-state index is 5.57. The smallest absolute Gasteiger partial charge is 0.0535 e. The largest absolute Gasteiger partial charge is 0.381 e. The van der Waals surface area contributed by atoms with E-state index in [1.807, 2.05) is 0 Å². The zero-order valence-corrected chi connectivity index (χ0v) is 9.81. The molecule has 2 rings (SSSR count). The van der Waals surface area contributed by atoms with Crippen LogP contribution in [0.4, 0.5) is 0 Å². The number of ether oxygens (including phenoxy) is 1. The topological polar surface area (TPSA) is 12.5 Å². The van der Waals surface area contributed by atoms with Crippen LogP contribution in [0.3, 0.4) is 0 Å². The molecule has 2 nitrogen and oxygen atoms in total. The fourth-order valence-electron chi connectivity index (χ4n) is 2.75. The first kappa shape index (κ1) is 10.4. The molecule has 2 heteroatoms. The van der Waals surface area contributed by atoms with E-state index >= 15 is 0 Å². The summed E-state index contributed by atoms with van der Waals surface area (Å²) >= 11 is 0. The van der Waals surface area contributed by atoms with Crippen LogP contribution >= 0.6 is 0 Å². The molecule has 14 heavy (non-hydrogen) atoms. The van der Waals surface area contributed by atoms with Gasteiger partial charge in [-0.3, -0.25) is 4.90 Å². The summed E-state index contributed by atoms with van der Waals surface area (Å²) in [6.45, 7) is 11.5. The van der Waals surface area contributed by atoms with Gasteiger partial charge in [-0.05, 0) is 46.6 Å². The van der Waals surface area contributed by atoms with Crippen molar-refractivity contribution >= 4 is 0 Å². The van der Waals surface area contributed by atoms with Crippen LogP contribution in [0.1, 0.15) is 40.0 Å². The van der Waals surface area contributed by atoms with Crippen LogP contribution < -0.4 is 0 Å². The number of rotatable bonds is 0. The van der Waals surface area contributed by atoms with Gasteiger partial charge in [0.2, 0.25) is 0 Å². The van der Waals surface area contributed by atoms with Crippen molar-refractivity contribution in [3.63, 3.8) is 0 Å². The van der Waals surface area contributed by atoms with Crippen molar-refractivity contribution in [2.45, 2.75) is 45.6 Å². The second-order valence-electron chi connectivity index (χ2n) is 6.00. The average Bonchev–Trinajstić information content (AvgIpc) is 2.52. The summed E-state index contributed by atoms with van der Waals surface area (Å²) in [5, 5.41) is 0. The Kier molecular flexibility index (Phi) is 2.61. The molecule has 0 aromatic rings. The van der Waals surface area contributed by atoms with Gasteiger partial charge in [-0.1, -0.05) is 0 Å². The van der Waals surface area contributed by atoms with Gasteiger partial charge in [0.05, 0.1) is 6.61 Å².